The highest BCUT2D eigenvalue weighted by atomic mass is 32.1. The number of rotatable bonds is 5. The van der Waals surface area contributed by atoms with Gasteiger partial charge in [0.15, 0.2) is 10.8 Å². The van der Waals surface area contributed by atoms with Gasteiger partial charge in [0.05, 0.1) is 16.6 Å². The third-order valence-electron chi connectivity index (χ3n) is 5.68. The Bertz CT molecular complexity index is 1260. The summed E-state index contributed by atoms with van der Waals surface area (Å²) in [7, 11) is 0. The van der Waals surface area contributed by atoms with Gasteiger partial charge in [-0.1, -0.05) is 42.0 Å². The van der Waals surface area contributed by atoms with Gasteiger partial charge in [-0.25, -0.2) is 14.6 Å². The lowest BCUT2D eigenvalue weighted by atomic mass is 9.93. The van der Waals surface area contributed by atoms with Crippen LogP contribution in [-0.2, 0) is 5.54 Å². The molecule has 4 rings (SSSR count). The van der Waals surface area contributed by atoms with E-state index in [0.29, 0.717) is 23.6 Å². The summed E-state index contributed by atoms with van der Waals surface area (Å²) >= 11 is 5.35. The van der Waals surface area contributed by atoms with E-state index >= 15 is 0 Å². The number of anilines is 1. The molecule has 0 saturated carbocycles. The number of nitrogens with two attached hydrogens (primary N) is 1. The third kappa shape index (κ3) is 4.78. The Morgan fingerprint density at radius 2 is 2.03 bits per heavy atom. The highest BCUT2D eigenvalue weighted by Crippen LogP contribution is 2.34. The van der Waals surface area contributed by atoms with Crippen molar-refractivity contribution in [1.82, 2.24) is 30.4 Å². The van der Waals surface area contributed by atoms with Gasteiger partial charge in [-0.3, -0.25) is 10.1 Å². The average molecular weight is 462 g/mol. The highest BCUT2D eigenvalue weighted by molar-refractivity contribution is 7.80. The summed E-state index contributed by atoms with van der Waals surface area (Å²) in [4.78, 5) is 21.1. The number of nitrogens with zero attached hydrogens (tertiary/aromatic N) is 4. The average Bonchev–Trinajstić information content (AvgIpc) is 3.21. The van der Waals surface area contributed by atoms with Gasteiger partial charge in [-0.15, -0.1) is 0 Å². The van der Waals surface area contributed by atoms with Crippen LogP contribution in [0, 0.1) is 0 Å². The molecule has 0 aliphatic heterocycles. The summed E-state index contributed by atoms with van der Waals surface area (Å²) in [6.07, 6.45) is 8.73. The molecule has 1 aromatic carbocycles. The van der Waals surface area contributed by atoms with Crippen LogP contribution in [0.4, 0.5) is 5.82 Å². The van der Waals surface area contributed by atoms with E-state index in [4.69, 9.17) is 23.1 Å². The Labute approximate surface area is 198 Å². The SMILES string of the molecule is CC1=CCC(c2nn(C(C)(C)CNC(=S)NC(=O)c3ccccc3)c3ncnc(N)c23)C=C1. The molecule has 33 heavy (non-hydrogen) atoms. The second-order valence-electron chi connectivity index (χ2n) is 8.72. The van der Waals surface area contributed by atoms with Gasteiger partial charge in [0.2, 0.25) is 0 Å². The first-order chi connectivity index (χ1) is 15.8. The number of amides is 1. The Balaban J connectivity index is 1.55. The second kappa shape index (κ2) is 9.11. The van der Waals surface area contributed by atoms with Gasteiger partial charge in [0, 0.05) is 18.0 Å². The van der Waals surface area contributed by atoms with Crippen LogP contribution in [0.15, 0.2) is 60.5 Å². The maximum atomic E-state index is 12.4. The first-order valence-corrected chi connectivity index (χ1v) is 11.2. The van der Waals surface area contributed by atoms with Gasteiger partial charge >= 0.3 is 0 Å². The fourth-order valence-corrected chi connectivity index (χ4v) is 3.96. The van der Waals surface area contributed by atoms with Crippen LogP contribution < -0.4 is 16.4 Å². The molecule has 1 amide bonds. The normalized spacial score (nSPS) is 15.8. The van der Waals surface area contributed by atoms with Crippen molar-refractivity contribution in [2.45, 2.75) is 38.6 Å². The lowest BCUT2D eigenvalue weighted by molar-refractivity contribution is 0.0976. The minimum Gasteiger partial charge on any atom is -0.383 e. The summed E-state index contributed by atoms with van der Waals surface area (Å²) in [5, 5.41) is 11.8. The minimum atomic E-state index is -0.525. The Morgan fingerprint density at radius 1 is 1.27 bits per heavy atom. The molecular formula is C24H27N7OS. The third-order valence-corrected chi connectivity index (χ3v) is 5.92. The topological polar surface area (TPSA) is 111 Å². The quantitative estimate of drug-likeness (QED) is 0.499. The monoisotopic (exact) mass is 461 g/mol. The highest BCUT2D eigenvalue weighted by Gasteiger charge is 2.29. The number of hydrogen-bond acceptors (Lipinski definition) is 6. The van der Waals surface area contributed by atoms with Gasteiger partial charge in [-0.05, 0) is 51.5 Å². The van der Waals surface area contributed by atoms with E-state index in [1.165, 1.54) is 11.9 Å². The molecular weight excluding hydrogens is 434 g/mol. The molecule has 2 heterocycles. The van der Waals surface area contributed by atoms with Crippen molar-refractivity contribution in [3.8, 4) is 0 Å². The first-order valence-electron chi connectivity index (χ1n) is 10.7. The molecule has 1 unspecified atom stereocenters. The number of nitrogens with one attached hydrogen (secondary N) is 2. The number of hydrogen-bond donors (Lipinski definition) is 3. The maximum Gasteiger partial charge on any atom is 0.257 e. The molecule has 2 aromatic heterocycles. The van der Waals surface area contributed by atoms with Crippen molar-refractivity contribution in [3.05, 3.63) is 71.7 Å². The summed E-state index contributed by atoms with van der Waals surface area (Å²) in [5.41, 5.74) is 9.03. The zero-order chi connectivity index (χ0) is 23.6. The molecule has 1 aliphatic carbocycles. The van der Waals surface area contributed by atoms with Crippen molar-refractivity contribution in [3.63, 3.8) is 0 Å². The molecule has 0 fully saturated rings. The van der Waals surface area contributed by atoms with E-state index in [-0.39, 0.29) is 16.9 Å². The van der Waals surface area contributed by atoms with Crippen molar-refractivity contribution >= 4 is 40.1 Å². The van der Waals surface area contributed by atoms with E-state index < -0.39 is 5.54 Å². The van der Waals surface area contributed by atoms with Gasteiger partial charge in [0.1, 0.15) is 12.1 Å². The standard InChI is InChI=1S/C24H27N7OS/c1-15-9-11-16(12-10-15)19-18-20(25)27-14-28-21(18)31(30-19)24(2,3)13-26-23(33)29-22(32)17-7-5-4-6-8-17/h4-11,14,16H,12-13H2,1-3H3,(H2,25,27,28)(H2,26,29,32,33). The number of thiocarbonyl (C=S) groups is 1. The van der Waals surface area contributed by atoms with E-state index in [9.17, 15) is 4.79 Å². The number of carbonyl (C=O) groups excluding carboxylic acids is 1. The molecule has 170 valence electrons. The van der Waals surface area contributed by atoms with Gasteiger partial charge in [-0.2, -0.15) is 5.10 Å². The van der Waals surface area contributed by atoms with Crippen molar-refractivity contribution < 1.29 is 4.79 Å². The van der Waals surface area contributed by atoms with Crippen LogP contribution in [0.25, 0.3) is 11.0 Å². The van der Waals surface area contributed by atoms with Gasteiger partial charge in [0.25, 0.3) is 5.91 Å². The predicted molar refractivity (Wildman–Crippen MR) is 134 cm³/mol. The van der Waals surface area contributed by atoms with Crippen molar-refractivity contribution in [2.24, 2.45) is 0 Å². The first kappa shape index (κ1) is 22.6. The molecule has 0 saturated heterocycles. The predicted octanol–water partition coefficient (Wildman–Crippen LogP) is 3.44. The van der Waals surface area contributed by atoms with E-state index in [1.807, 2.05) is 24.6 Å². The summed E-state index contributed by atoms with van der Waals surface area (Å²) < 4.78 is 1.86. The van der Waals surface area contributed by atoms with Crippen LogP contribution in [0.2, 0.25) is 0 Å². The molecule has 9 heteroatoms. The molecule has 4 N–H and O–H groups in total. The number of benzene rings is 1. The van der Waals surface area contributed by atoms with E-state index in [0.717, 1.165) is 17.5 Å². The molecule has 8 nitrogen and oxygen atoms in total. The van der Waals surface area contributed by atoms with Crippen LogP contribution in [-0.4, -0.2) is 37.3 Å². The van der Waals surface area contributed by atoms with Gasteiger partial charge < -0.3 is 11.1 Å². The molecule has 0 bridgehead atoms. The van der Waals surface area contributed by atoms with E-state index in [1.54, 1.807) is 24.3 Å². The minimum absolute atomic E-state index is 0.0979. The molecule has 0 radical (unpaired) electrons. The fraction of sp³-hybridized carbons (Fsp3) is 0.292. The second-order valence-corrected chi connectivity index (χ2v) is 9.13. The zero-order valence-corrected chi connectivity index (χ0v) is 19.7. The number of carbonyl (C=O) groups is 1. The van der Waals surface area contributed by atoms with Crippen molar-refractivity contribution in [1.29, 1.82) is 0 Å². The Morgan fingerprint density at radius 3 is 2.73 bits per heavy atom. The fourth-order valence-electron chi connectivity index (χ4n) is 3.79. The largest absolute Gasteiger partial charge is 0.383 e. The molecule has 1 atom stereocenters. The number of aromatic nitrogens is 4. The number of fused-ring (bicyclic) bond motifs is 1. The Kier molecular flexibility index (Phi) is 6.24. The summed E-state index contributed by atoms with van der Waals surface area (Å²) in [6.45, 7) is 6.55. The smallest absolute Gasteiger partial charge is 0.257 e. The Hall–Kier alpha value is -3.59. The van der Waals surface area contributed by atoms with Crippen molar-refractivity contribution in [2.75, 3.05) is 12.3 Å². The van der Waals surface area contributed by atoms with Crippen LogP contribution in [0.5, 0.6) is 0 Å². The van der Waals surface area contributed by atoms with Crippen LogP contribution >= 0.6 is 12.2 Å². The van der Waals surface area contributed by atoms with E-state index in [2.05, 4.69) is 45.8 Å². The number of nitrogen functional groups attached to an aromatic ring is 1. The summed E-state index contributed by atoms with van der Waals surface area (Å²) in [6, 6.07) is 8.94. The molecule has 1 aliphatic rings. The number of allylic oxidation sites excluding steroid dienone is 4. The van der Waals surface area contributed by atoms with Crippen LogP contribution in [0.1, 0.15) is 49.2 Å². The summed E-state index contributed by atoms with van der Waals surface area (Å²) in [5.74, 6) is 0.252. The molecule has 3 aromatic rings. The lowest BCUT2D eigenvalue weighted by Gasteiger charge is -2.27. The zero-order valence-electron chi connectivity index (χ0n) is 18.9. The maximum absolute atomic E-state index is 12.4. The lowest BCUT2D eigenvalue weighted by Crippen LogP contribution is -2.46. The van der Waals surface area contributed by atoms with Crippen LogP contribution in [0.3, 0.4) is 0 Å². The molecule has 0 spiro atoms.